The molecule has 5 nitrogen and oxygen atoms in total. The molecule has 1 aliphatic heterocycles. The molecule has 0 aliphatic carbocycles. The van der Waals surface area contributed by atoms with E-state index in [0.717, 1.165) is 0 Å². The maximum atomic E-state index is 13.3. The molecule has 1 aliphatic rings. The number of hydrogen-bond acceptors (Lipinski definition) is 4. The molecule has 2 N–H and O–H groups in total. The highest BCUT2D eigenvalue weighted by Crippen LogP contribution is 2.37. The molecule has 0 saturated carbocycles. The summed E-state index contributed by atoms with van der Waals surface area (Å²) in [6.07, 6.45) is -0.636. The maximum absolute atomic E-state index is 13.3. The number of fused-ring (bicyclic) bond motifs is 1. The number of phenolic OH excluding ortho intramolecular Hbond substituents is 1. The topological polar surface area (TPSA) is 64.9 Å². The van der Waals surface area contributed by atoms with Gasteiger partial charge in [0.1, 0.15) is 5.75 Å². The summed E-state index contributed by atoms with van der Waals surface area (Å²) in [6, 6.07) is 19.2. The van der Waals surface area contributed by atoms with E-state index >= 15 is 0 Å². The van der Waals surface area contributed by atoms with E-state index in [1.54, 1.807) is 61.5 Å². The highest BCUT2D eigenvalue weighted by Gasteiger charge is 2.34. The van der Waals surface area contributed by atoms with E-state index in [0.29, 0.717) is 38.1 Å². The zero-order chi connectivity index (χ0) is 20.5. The van der Waals surface area contributed by atoms with E-state index in [-0.39, 0.29) is 11.7 Å². The molecule has 0 spiro atoms. The molecule has 0 bridgehead atoms. The Kier molecular flexibility index (Phi) is 5.18. The molecule has 0 aromatic heterocycles. The third-order valence-electron chi connectivity index (χ3n) is 4.71. The molecule has 3 aromatic carbocycles. The highest BCUT2D eigenvalue weighted by atomic mass is 35.5. The molecule has 0 radical (unpaired) electrons. The van der Waals surface area contributed by atoms with Crippen molar-refractivity contribution in [1.82, 2.24) is 5.01 Å². The normalized spacial score (nSPS) is 16.4. The van der Waals surface area contributed by atoms with Crippen LogP contribution < -0.4 is 5.32 Å². The van der Waals surface area contributed by atoms with Crippen LogP contribution in [0.3, 0.4) is 0 Å². The van der Waals surface area contributed by atoms with Crippen LogP contribution >= 0.6 is 23.2 Å². The lowest BCUT2D eigenvalue weighted by Crippen LogP contribution is -2.40. The molecule has 0 fully saturated rings. The lowest BCUT2D eigenvalue weighted by molar-refractivity contribution is 0.0690. The van der Waals surface area contributed by atoms with Crippen molar-refractivity contribution in [1.29, 1.82) is 0 Å². The van der Waals surface area contributed by atoms with Gasteiger partial charge in [0.15, 0.2) is 6.17 Å². The number of para-hydroxylation sites is 2. The number of rotatable bonds is 3. The lowest BCUT2D eigenvalue weighted by Gasteiger charge is -2.35. The first-order valence-corrected chi connectivity index (χ1v) is 9.69. The predicted octanol–water partition coefficient (Wildman–Crippen LogP) is 5.69. The average Bonchev–Trinajstić information content (AvgIpc) is 2.70. The summed E-state index contributed by atoms with van der Waals surface area (Å²) in [5, 5.41) is 20.3. The Hall–Kier alpha value is -3.02. The van der Waals surface area contributed by atoms with Gasteiger partial charge in [0.25, 0.3) is 5.91 Å². The minimum Gasteiger partial charge on any atom is -0.507 e. The van der Waals surface area contributed by atoms with E-state index in [1.165, 1.54) is 5.01 Å². The Labute approximate surface area is 178 Å². The third-order valence-corrected chi connectivity index (χ3v) is 5.27. The smallest absolute Gasteiger partial charge is 0.278 e. The van der Waals surface area contributed by atoms with Crippen LogP contribution in [-0.4, -0.2) is 21.7 Å². The number of amides is 1. The quantitative estimate of drug-likeness (QED) is 0.529. The average molecular weight is 426 g/mol. The van der Waals surface area contributed by atoms with Crippen molar-refractivity contribution in [3.05, 3.63) is 93.5 Å². The molecule has 3 aromatic rings. The van der Waals surface area contributed by atoms with Crippen LogP contribution in [0.15, 0.2) is 71.8 Å². The van der Waals surface area contributed by atoms with Crippen LogP contribution in [0, 0.1) is 0 Å². The number of hydrogen-bond donors (Lipinski definition) is 2. The van der Waals surface area contributed by atoms with Crippen LogP contribution in [0.2, 0.25) is 10.0 Å². The van der Waals surface area contributed by atoms with Gasteiger partial charge in [-0.05, 0) is 43.3 Å². The summed E-state index contributed by atoms with van der Waals surface area (Å²) in [7, 11) is 0. The number of nitrogens with zero attached hydrogens (tertiary/aromatic N) is 2. The van der Waals surface area contributed by atoms with E-state index in [9.17, 15) is 9.90 Å². The molecule has 0 unspecified atom stereocenters. The minimum atomic E-state index is -0.636. The zero-order valence-electron chi connectivity index (χ0n) is 15.4. The number of hydrazone groups is 1. The number of nitrogens with one attached hydrogen (secondary N) is 1. The van der Waals surface area contributed by atoms with Gasteiger partial charge in [-0.1, -0.05) is 53.5 Å². The van der Waals surface area contributed by atoms with E-state index in [2.05, 4.69) is 10.4 Å². The van der Waals surface area contributed by atoms with Gasteiger partial charge in [-0.25, -0.2) is 5.01 Å². The van der Waals surface area contributed by atoms with Crippen LogP contribution in [-0.2, 0) is 0 Å². The SMILES string of the molecule is C/C(=N/N1C(=O)c2ccccc2N[C@@H]1c1ccc(Cl)cc1Cl)c1ccccc1O. The number of benzene rings is 3. The Bertz CT molecular complexity index is 1130. The van der Waals surface area contributed by atoms with Gasteiger partial charge in [-0.15, -0.1) is 0 Å². The number of carbonyl (C=O) groups is 1. The second-order valence-corrected chi connectivity index (χ2v) is 7.45. The zero-order valence-corrected chi connectivity index (χ0v) is 16.9. The first-order valence-electron chi connectivity index (χ1n) is 8.93. The fraction of sp³-hybridized carbons (Fsp3) is 0.0909. The Morgan fingerprint density at radius 2 is 1.79 bits per heavy atom. The molecule has 0 saturated heterocycles. The van der Waals surface area contributed by atoms with Gasteiger partial charge in [0.05, 0.1) is 11.3 Å². The van der Waals surface area contributed by atoms with Gasteiger partial charge in [0.2, 0.25) is 0 Å². The number of carbonyl (C=O) groups excluding carboxylic acids is 1. The minimum absolute atomic E-state index is 0.0904. The van der Waals surface area contributed by atoms with Crippen molar-refractivity contribution in [2.24, 2.45) is 5.10 Å². The Morgan fingerprint density at radius 3 is 2.55 bits per heavy atom. The van der Waals surface area contributed by atoms with Crippen molar-refractivity contribution < 1.29 is 9.90 Å². The second-order valence-electron chi connectivity index (χ2n) is 6.61. The monoisotopic (exact) mass is 425 g/mol. The molecule has 1 amide bonds. The lowest BCUT2D eigenvalue weighted by atomic mass is 10.0. The van der Waals surface area contributed by atoms with Crippen molar-refractivity contribution in [2.75, 3.05) is 5.32 Å². The Morgan fingerprint density at radius 1 is 1.07 bits per heavy atom. The largest absolute Gasteiger partial charge is 0.507 e. The van der Waals surface area contributed by atoms with E-state index in [1.807, 2.05) is 12.1 Å². The van der Waals surface area contributed by atoms with Crippen molar-refractivity contribution in [3.63, 3.8) is 0 Å². The van der Waals surface area contributed by atoms with Gasteiger partial charge in [0, 0.05) is 26.9 Å². The van der Waals surface area contributed by atoms with Gasteiger partial charge in [-0.3, -0.25) is 4.79 Å². The van der Waals surface area contributed by atoms with Crippen molar-refractivity contribution in [2.45, 2.75) is 13.1 Å². The number of halogens is 2. The summed E-state index contributed by atoms with van der Waals surface area (Å²) in [4.78, 5) is 13.3. The molecular weight excluding hydrogens is 409 g/mol. The first kappa shape index (κ1) is 19.3. The fourth-order valence-electron chi connectivity index (χ4n) is 3.28. The number of phenols is 1. The molecule has 7 heteroatoms. The number of aromatic hydroxyl groups is 1. The molecule has 1 atom stereocenters. The summed E-state index contributed by atoms with van der Waals surface area (Å²) in [6.45, 7) is 1.74. The predicted molar refractivity (Wildman–Crippen MR) is 116 cm³/mol. The van der Waals surface area contributed by atoms with Gasteiger partial charge < -0.3 is 10.4 Å². The molecule has 146 valence electrons. The standard InChI is InChI=1S/C22H17Cl2N3O2/c1-13(15-6-3-5-9-20(15)28)26-27-21(16-11-10-14(23)12-18(16)24)25-19-8-4-2-7-17(19)22(27)29/h2-12,21,25,28H,1H3/b26-13-/t21-/m0/s1. The summed E-state index contributed by atoms with van der Waals surface area (Å²) < 4.78 is 0. The van der Waals surface area contributed by atoms with Crippen LogP contribution in [0.25, 0.3) is 0 Å². The van der Waals surface area contributed by atoms with Crippen molar-refractivity contribution >= 4 is 40.5 Å². The molecule has 4 rings (SSSR count). The molecule has 29 heavy (non-hydrogen) atoms. The van der Waals surface area contributed by atoms with Crippen LogP contribution in [0.1, 0.15) is 34.6 Å². The Balaban J connectivity index is 1.84. The van der Waals surface area contributed by atoms with Crippen LogP contribution in [0.4, 0.5) is 5.69 Å². The highest BCUT2D eigenvalue weighted by molar-refractivity contribution is 6.35. The van der Waals surface area contributed by atoms with E-state index in [4.69, 9.17) is 23.2 Å². The first-order chi connectivity index (χ1) is 14.0. The number of anilines is 1. The molecule has 1 heterocycles. The third kappa shape index (κ3) is 3.67. The van der Waals surface area contributed by atoms with Gasteiger partial charge in [-0.2, -0.15) is 5.10 Å². The van der Waals surface area contributed by atoms with Crippen molar-refractivity contribution in [3.8, 4) is 5.75 Å². The fourth-order valence-corrected chi connectivity index (χ4v) is 3.79. The summed E-state index contributed by atoms with van der Waals surface area (Å²) >= 11 is 12.5. The maximum Gasteiger partial charge on any atom is 0.278 e. The second kappa shape index (κ2) is 7.78. The molecular formula is C22H17Cl2N3O2. The van der Waals surface area contributed by atoms with Crippen LogP contribution in [0.5, 0.6) is 5.75 Å². The summed E-state index contributed by atoms with van der Waals surface area (Å²) in [5.41, 5.74) is 2.89. The van der Waals surface area contributed by atoms with Gasteiger partial charge >= 0.3 is 0 Å². The van der Waals surface area contributed by atoms with E-state index < -0.39 is 6.17 Å². The summed E-state index contributed by atoms with van der Waals surface area (Å²) in [5.74, 6) is -0.183.